The van der Waals surface area contributed by atoms with Gasteiger partial charge in [0.05, 0.1) is 24.6 Å². The molecule has 0 atom stereocenters. The first-order valence-electron chi connectivity index (χ1n) is 10.9. The van der Waals surface area contributed by atoms with Crippen molar-refractivity contribution in [2.24, 2.45) is 10.7 Å². The first-order valence-corrected chi connectivity index (χ1v) is 12.6. The molecule has 0 radical (unpaired) electrons. The maximum atomic E-state index is 14.9. The number of ether oxygens (including phenoxy) is 2. The lowest BCUT2D eigenvalue weighted by Gasteiger charge is -2.18. The van der Waals surface area contributed by atoms with Gasteiger partial charge < -0.3 is 20.9 Å². The molecule has 0 amide bonds. The van der Waals surface area contributed by atoms with Crippen LogP contribution >= 0.6 is 0 Å². The molecule has 3 rings (SSSR count). The van der Waals surface area contributed by atoms with Crippen LogP contribution in [0, 0.1) is 5.82 Å². The number of nitrogens with one attached hydrogen (secondary N) is 1. The average molecular weight is 492 g/mol. The van der Waals surface area contributed by atoms with Crippen molar-refractivity contribution in [2.45, 2.75) is 32.2 Å². The highest BCUT2D eigenvalue weighted by Gasteiger charge is 2.19. The van der Waals surface area contributed by atoms with E-state index in [4.69, 9.17) is 20.9 Å². The smallest absolute Gasteiger partial charge is 0.232 e. The summed E-state index contributed by atoms with van der Waals surface area (Å²) in [5.41, 5.74) is 13.9. The van der Waals surface area contributed by atoms with Crippen LogP contribution in [0.2, 0.25) is 0 Å². The van der Waals surface area contributed by atoms with Crippen LogP contribution in [-0.4, -0.2) is 51.7 Å². The number of hydrogen-bond acceptors (Lipinski definition) is 8. The summed E-state index contributed by atoms with van der Waals surface area (Å²) in [6.45, 7) is 3.08. The summed E-state index contributed by atoms with van der Waals surface area (Å²) < 4.78 is 52.3. The summed E-state index contributed by atoms with van der Waals surface area (Å²) in [4.78, 5) is 8.83. The number of hydrogen-bond donors (Lipinski definition) is 3. The number of aliphatic imine (C=N–C) groups is 1. The Labute approximate surface area is 199 Å². The summed E-state index contributed by atoms with van der Waals surface area (Å²) in [5, 5.41) is 0. The number of nitrogen functional groups attached to an aromatic ring is 1. The van der Waals surface area contributed by atoms with Crippen LogP contribution in [0.1, 0.15) is 31.7 Å². The number of benzene rings is 1. The quantitative estimate of drug-likeness (QED) is 0.457. The van der Waals surface area contributed by atoms with E-state index in [1.165, 1.54) is 25.4 Å². The number of aromatic nitrogens is 1. The summed E-state index contributed by atoms with van der Waals surface area (Å²) in [5.74, 6) is -0.918. The van der Waals surface area contributed by atoms with Gasteiger partial charge in [-0.2, -0.15) is 0 Å². The molecule has 0 saturated carbocycles. The maximum Gasteiger partial charge on any atom is 0.232 e. The van der Waals surface area contributed by atoms with Gasteiger partial charge in [0.15, 0.2) is 11.6 Å². The number of rotatable bonds is 9. The van der Waals surface area contributed by atoms with E-state index in [0.29, 0.717) is 41.9 Å². The summed E-state index contributed by atoms with van der Waals surface area (Å²) in [6, 6.07) is 4.55. The molecule has 1 aromatic carbocycles. The van der Waals surface area contributed by atoms with Crippen LogP contribution in [0.3, 0.4) is 0 Å². The number of allylic oxidation sites excluding steroid dienone is 1. The highest BCUT2D eigenvalue weighted by atomic mass is 32.2. The Kier molecular flexibility index (Phi) is 8.46. The zero-order valence-electron chi connectivity index (χ0n) is 19.3. The van der Waals surface area contributed by atoms with E-state index in [0.717, 1.165) is 12.8 Å². The van der Waals surface area contributed by atoms with Crippen LogP contribution in [0.25, 0.3) is 16.7 Å². The Balaban J connectivity index is 1.99. The van der Waals surface area contributed by atoms with Crippen LogP contribution in [-0.2, 0) is 14.8 Å². The molecule has 1 aromatic heterocycles. The largest absolute Gasteiger partial charge is 0.492 e. The van der Waals surface area contributed by atoms with E-state index in [-0.39, 0.29) is 29.0 Å². The van der Waals surface area contributed by atoms with Gasteiger partial charge in [0, 0.05) is 48.5 Å². The molecule has 0 aliphatic carbocycles. The second-order valence-corrected chi connectivity index (χ2v) is 9.70. The van der Waals surface area contributed by atoms with E-state index < -0.39 is 15.8 Å². The van der Waals surface area contributed by atoms with Gasteiger partial charge >= 0.3 is 0 Å². The topological polar surface area (TPSA) is 142 Å². The molecule has 2 aromatic rings. The molecule has 34 heavy (non-hydrogen) atoms. The molecular weight excluding hydrogens is 461 g/mol. The molecule has 11 heteroatoms. The summed E-state index contributed by atoms with van der Waals surface area (Å²) in [6.07, 6.45) is 6.73. The van der Waals surface area contributed by atoms with Crippen molar-refractivity contribution in [3.8, 4) is 16.9 Å². The van der Waals surface area contributed by atoms with Crippen molar-refractivity contribution in [3.63, 3.8) is 0 Å². The predicted octanol–water partition coefficient (Wildman–Crippen LogP) is 3.18. The third-order valence-electron chi connectivity index (χ3n) is 5.34. The highest BCUT2D eigenvalue weighted by Crippen LogP contribution is 2.36. The fourth-order valence-corrected chi connectivity index (χ4v) is 4.74. The van der Waals surface area contributed by atoms with Crippen LogP contribution in [0.4, 0.5) is 15.9 Å². The molecule has 9 nitrogen and oxygen atoms in total. The number of sulfonamides is 1. The fourth-order valence-electron chi connectivity index (χ4n) is 3.62. The molecular formula is C23H30FN5O4S. The third kappa shape index (κ3) is 6.23. The van der Waals surface area contributed by atoms with Gasteiger partial charge in [-0.1, -0.05) is 6.92 Å². The molecule has 0 unspecified atom stereocenters. The Morgan fingerprint density at radius 3 is 2.74 bits per heavy atom. The number of nitrogens with two attached hydrogens (primary N) is 2. The lowest BCUT2D eigenvalue weighted by atomic mass is 10.0. The van der Waals surface area contributed by atoms with Crippen molar-refractivity contribution in [1.82, 2.24) is 4.98 Å². The molecule has 2 heterocycles. The SMILES string of the molecule is CCCS(=O)(=O)Nc1cc(-c2cc(/C(C=NC3CCOCC3)=C/N)cnc2N)cc(F)c1OC. The minimum Gasteiger partial charge on any atom is -0.492 e. The number of methoxy groups -OCH3 is 1. The molecule has 1 aliphatic heterocycles. The molecule has 1 aliphatic rings. The van der Waals surface area contributed by atoms with Gasteiger partial charge in [-0.25, -0.2) is 17.8 Å². The Bertz CT molecular complexity index is 1180. The molecule has 184 valence electrons. The van der Waals surface area contributed by atoms with E-state index in [1.807, 2.05) is 0 Å². The van der Waals surface area contributed by atoms with Gasteiger partial charge in [-0.3, -0.25) is 9.71 Å². The van der Waals surface area contributed by atoms with E-state index in [9.17, 15) is 12.8 Å². The lowest BCUT2D eigenvalue weighted by Crippen LogP contribution is -2.18. The second-order valence-electron chi connectivity index (χ2n) is 7.86. The number of nitrogens with zero attached hydrogens (tertiary/aromatic N) is 2. The van der Waals surface area contributed by atoms with Crippen LogP contribution < -0.4 is 20.9 Å². The first kappa shape index (κ1) is 25.4. The maximum absolute atomic E-state index is 14.9. The van der Waals surface area contributed by atoms with Crippen molar-refractivity contribution in [1.29, 1.82) is 0 Å². The highest BCUT2D eigenvalue weighted by molar-refractivity contribution is 7.92. The van der Waals surface area contributed by atoms with Gasteiger partial charge in [-0.05, 0) is 43.0 Å². The van der Waals surface area contributed by atoms with Crippen molar-refractivity contribution >= 4 is 33.3 Å². The lowest BCUT2D eigenvalue weighted by molar-refractivity contribution is 0.0872. The Morgan fingerprint density at radius 2 is 2.09 bits per heavy atom. The number of anilines is 2. The zero-order valence-corrected chi connectivity index (χ0v) is 20.1. The van der Waals surface area contributed by atoms with Crippen LogP contribution in [0.15, 0.2) is 35.6 Å². The third-order valence-corrected chi connectivity index (χ3v) is 6.82. The van der Waals surface area contributed by atoms with E-state index in [1.54, 1.807) is 25.4 Å². The molecule has 0 bridgehead atoms. The molecule has 5 N–H and O–H groups in total. The molecule has 1 fully saturated rings. The standard InChI is InChI=1S/C23H30FN5O4S/c1-3-8-34(30,31)29-21-11-15(10-20(24)22(21)32-2)19-9-16(13-28-23(19)26)17(12-25)14-27-18-4-6-33-7-5-18/h9-14,18,29H,3-8,25H2,1-2H3,(H2,26,28)/b17-12+,27-14?. The van der Waals surface area contributed by atoms with Gasteiger partial charge in [-0.15, -0.1) is 0 Å². The monoisotopic (exact) mass is 491 g/mol. The Morgan fingerprint density at radius 1 is 1.35 bits per heavy atom. The van der Waals surface area contributed by atoms with Crippen molar-refractivity contribution < 1.29 is 22.3 Å². The summed E-state index contributed by atoms with van der Waals surface area (Å²) >= 11 is 0. The fraction of sp³-hybridized carbons (Fsp3) is 0.391. The molecule has 1 saturated heterocycles. The van der Waals surface area contributed by atoms with E-state index in [2.05, 4.69) is 14.7 Å². The minimum atomic E-state index is -3.68. The zero-order chi connectivity index (χ0) is 24.7. The second kappa shape index (κ2) is 11.3. The minimum absolute atomic E-state index is 0.0218. The Hall–Kier alpha value is -3.18. The van der Waals surface area contributed by atoms with Gasteiger partial charge in [0.25, 0.3) is 0 Å². The predicted molar refractivity (Wildman–Crippen MR) is 133 cm³/mol. The average Bonchev–Trinajstić information content (AvgIpc) is 2.80. The normalized spacial score (nSPS) is 15.6. The number of halogens is 1. The van der Waals surface area contributed by atoms with Gasteiger partial charge in [0.1, 0.15) is 5.82 Å². The number of pyridine rings is 1. The first-order chi connectivity index (χ1) is 16.3. The van der Waals surface area contributed by atoms with E-state index >= 15 is 0 Å². The van der Waals surface area contributed by atoms with Crippen molar-refractivity contribution in [2.75, 3.05) is 36.5 Å². The summed E-state index contributed by atoms with van der Waals surface area (Å²) in [7, 11) is -2.42. The van der Waals surface area contributed by atoms with Crippen LogP contribution in [0.5, 0.6) is 5.75 Å². The van der Waals surface area contributed by atoms with Crippen molar-refractivity contribution in [3.05, 3.63) is 42.0 Å². The van der Waals surface area contributed by atoms with Gasteiger partial charge in [0.2, 0.25) is 10.0 Å². The molecule has 0 spiro atoms.